The van der Waals surface area contributed by atoms with Crippen LogP contribution in [0.15, 0.2) is 60.4 Å². The van der Waals surface area contributed by atoms with Gasteiger partial charge in [0, 0.05) is 18.8 Å². The van der Waals surface area contributed by atoms with Crippen LogP contribution in [0.1, 0.15) is 63.4 Å². The van der Waals surface area contributed by atoms with Crippen molar-refractivity contribution in [1.29, 1.82) is 0 Å². The van der Waals surface area contributed by atoms with Crippen molar-refractivity contribution < 1.29 is 9.90 Å². The third-order valence-corrected chi connectivity index (χ3v) is 9.58. The molecule has 0 bridgehead atoms. The Morgan fingerprint density at radius 1 is 0.969 bits per heavy atom. The molecule has 1 aromatic carbocycles. The maximum Gasteiger partial charge on any atom is 0.155 e. The Balaban J connectivity index is 1.40. The van der Waals surface area contributed by atoms with Crippen LogP contribution < -0.4 is 0 Å². The van der Waals surface area contributed by atoms with E-state index in [-0.39, 0.29) is 11.5 Å². The summed E-state index contributed by atoms with van der Waals surface area (Å²) in [5.74, 6) is 3.17. The van der Waals surface area contributed by atoms with Crippen LogP contribution in [0.2, 0.25) is 0 Å². The molecule has 2 aromatic rings. The Kier molecular flexibility index (Phi) is 4.87. The van der Waals surface area contributed by atoms with Gasteiger partial charge in [-0.3, -0.25) is 9.78 Å². The Morgan fingerprint density at radius 3 is 2.59 bits per heavy atom. The van der Waals surface area contributed by atoms with Crippen molar-refractivity contribution in [2.45, 2.75) is 63.9 Å². The first-order valence-corrected chi connectivity index (χ1v) is 12.5. The Bertz CT molecular complexity index is 1040. The minimum absolute atomic E-state index is 0.0135. The van der Waals surface area contributed by atoms with Gasteiger partial charge in [-0.15, -0.1) is 0 Å². The first-order chi connectivity index (χ1) is 15.5. The number of aliphatic hydroxyl groups excluding tert-OH is 1. The summed E-state index contributed by atoms with van der Waals surface area (Å²) in [6.07, 6.45) is 12.7. The second-order valence-corrected chi connectivity index (χ2v) is 11.0. The zero-order chi connectivity index (χ0) is 21.9. The fourth-order valence-electron chi connectivity index (χ4n) is 8.08. The van der Waals surface area contributed by atoms with E-state index < -0.39 is 0 Å². The molecule has 7 atom stereocenters. The summed E-state index contributed by atoms with van der Waals surface area (Å²) in [4.78, 5) is 16.4. The summed E-state index contributed by atoms with van der Waals surface area (Å²) in [7, 11) is 0. The molecule has 3 nitrogen and oxygen atoms in total. The third kappa shape index (κ3) is 3.12. The summed E-state index contributed by atoms with van der Waals surface area (Å²) < 4.78 is 0. The minimum Gasteiger partial charge on any atom is -0.393 e. The number of fused-ring (bicyclic) bond motifs is 5. The molecule has 166 valence electrons. The third-order valence-electron chi connectivity index (χ3n) is 9.58. The molecule has 3 saturated carbocycles. The van der Waals surface area contributed by atoms with Gasteiger partial charge in [-0.05, 0) is 102 Å². The van der Waals surface area contributed by atoms with Crippen molar-refractivity contribution in [3.63, 3.8) is 0 Å². The second kappa shape index (κ2) is 7.66. The number of nitrogens with zero attached hydrogens (tertiary/aromatic N) is 1. The highest BCUT2D eigenvalue weighted by Crippen LogP contribution is 2.65. The summed E-state index contributed by atoms with van der Waals surface area (Å²) in [5, 5.41) is 11.0. The van der Waals surface area contributed by atoms with Gasteiger partial charge in [0.1, 0.15) is 0 Å². The average molecular weight is 428 g/mol. The van der Waals surface area contributed by atoms with E-state index in [1.807, 2.05) is 24.5 Å². The van der Waals surface area contributed by atoms with E-state index in [0.29, 0.717) is 41.8 Å². The zero-order valence-electron chi connectivity index (χ0n) is 18.9. The van der Waals surface area contributed by atoms with Crippen LogP contribution in [0, 0.1) is 29.1 Å². The number of rotatable bonds is 2. The van der Waals surface area contributed by atoms with Gasteiger partial charge in [0.05, 0.1) is 6.10 Å². The number of carbonyl (C=O) groups is 1. The molecule has 0 unspecified atom stereocenters. The molecule has 6 rings (SSSR count). The maximum absolute atomic E-state index is 12.2. The highest BCUT2D eigenvalue weighted by atomic mass is 16.3. The molecule has 0 radical (unpaired) electrons. The fraction of sp³-hybridized carbons (Fsp3) is 0.517. The molecule has 4 aliphatic carbocycles. The zero-order valence-corrected chi connectivity index (χ0v) is 18.9. The molecule has 4 aliphatic rings. The second-order valence-electron chi connectivity index (χ2n) is 11.0. The van der Waals surface area contributed by atoms with Gasteiger partial charge >= 0.3 is 0 Å². The summed E-state index contributed by atoms with van der Waals surface area (Å²) >= 11 is 0. The van der Waals surface area contributed by atoms with Crippen molar-refractivity contribution in [2.24, 2.45) is 29.1 Å². The highest BCUT2D eigenvalue weighted by molar-refractivity contribution is 5.91. The Hall–Kier alpha value is -2.26. The van der Waals surface area contributed by atoms with Crippen LogP contribution in [0.3, 0.4) is 0 Å². The molecular weight excluding hydrogens is 394 g/mol. The largest absolute Gasteiger partial charge is 0.393 e. The van der Waals surface area contributed by atoms with Gasteiger partial charge in [-0.1, -0.05) is 42.8 Å². The van der Waals surface area contributed by atoms with E-state index in [1.165, 1.54) is 23.1 Å². The van der Waals surface area contributed by atoms with Crippen molar-refractivity contribution in [1.82, 2.24) is 4.98 Å². The SMILES string of the molecule is C[C@]12C[C@H](c3ccc(-c4cccnc4)cc3)[C@H]3[C@@H](CCC4=CC(=O)CC[C@@H]43)[C@@H]1CC[C@@H]2O. The van der Waals surface area contributed by atoms with Crippen molar-refractivity contribution in [3.8, 4) is 11.1 Å². The van der Waals surface area contributed by atoms with E-state index in [0.717, 1.165) is 37.7 Å². The van der Waals surface area contributed by atoms with Gasteiger partial charge in [0.2, 0.25) is 0 Å². The lowest BCUT2D eigenvalue weighted by atomic mass is 9.48. The molecular formula is C29H33NO2. The van der Waals surface area contributed by atoms with E-state index in [1.54, 1.807) is 0 Å². The van der Waals surface area contributed by atoms with Crippen LogP contribution >= 0.6 is 0 Å². The van der Waals surface area contributed by atoms with E-state index >= 15 is 0 Å². The van der Waals surface area contributed by atoms with Crippen LogP contribution in [0.4, 0.5) is 0 Å². The lowest BCUT2D eigenvalue weighted by molar-refractivity contribution is -0.116. The van der Waals surface area contributed by atoms with Crippen LogP contribution in [-0.2, 0) is 4.79 Å². The number of aliphatic hydroxyl groups is 1. The molecule has 32 heavy (non-hydrogen) atoms. The number of aromatic nitrogens is 1. The maximum atomic E-state index is 12.2. The molecule has 1 aromatic heterocycles. The van der Waals surface area contributed by atoms with Crippen LogP contribution in [0.25, 0.3) is 11.1 Å². The number of benzene rings is 1. The monoisotopic (exact) mass is 427 g/mol. The summed E-state index contributed by atoms with van der Waals surface area (Å²) in [6.45, 7) is 2.36. The quantitative estimate of drug-likeness (QED) is 0.645. The standard InChI is InChI=1S/C29H33NO2/c1-29-16-25(19-6-4-18(5-7-19)21-3-2-14-30-17-21)28-23-11-9-22(31)15-20(23)8-10-24(28)26(29)12-13-27(29)32/h2-7,14-15,17,23-28,32H,8-13,16H2,1H3/t23-,24-,25+,26-,27-,28+,29-/m0/s1. The summed E-state index contributed by atoms with van der Waals surface area (Å²) in [6, 6.07) is 13.2. The number of pyridine rings is 1. The first-order valence-electron chi connectivity index (χ1n) is 12.5. The minimum atomic E-state index is -0.185. The lowest BCUT2D eigenvalue weighted by Crippen LogP contribution is -2.50. The van der Waals surface area contributed by atoms with Crippen LogP contribution in [0.5, 0.6) is 0 Å². The van der Waals surface area contributed by atoms with Crippen molar-refractivity contribution in [2.75, 3.05) is 0 Å². The smallest absolute Gasteiger partial charge is 0.155 e. The molecule has 1 N–H and O–H groups in total. The molecule has 0 saturated heterocycles. The molecule has 0 aliphatic heterocycles. The number of ketones is 1. The Morgan fingerprint density at radius 2 is 1.81 bits per heavy atom. The summed E-state index contributed by atoms with van der Waals surface area (Å²) in [5.41, 5.74) is 5.19. The van der Waals surface area contributed by atoms with Crippen molar-refractivity contribution >= 4 is 5.78 Å². The molecule has 3 heteroatoms. The van der Waals surface area contributed by atoms with Crippen molar-refractivity contribution in [3.05, 3.63) is 66.0 Å². The fourth-order valence-corrected chi connectivity index (χ4v) is 8.08. The Labute approximate surface area is 191 Å². The first kappa shape index (κ1) is 20.4. The van der Waals surface area contributed by atoms with Gasteiger partial charge in [0.25, 0.3) is 0 Å². The highest BCUT2D eigenvalue weighted by Gasteiger charge is 2.59. The van der Waals surface area contributed by atoms with Gasteiger partial charge in [-0.25, -0.2) is 0 Å². The number of hydrogen-bond donors (Lipinski definition) is 1. The van der Waals surface area contributed by atoms with E-state index in [2.05, 4.69) is 42.2 Å². The lowest BCUT2D eigenvalue weighted by Gasteiger charge is -2.57. The molecule has 1 heterocycles. The normalized spacial score (nSPS) is 38.4. The van der Waals surface area contributed by atoms with E-state index in [4.69, 9.17) is 0 Å². The predicted molar refractivity (Wildman–Crippen MR) is 126 cm³/mol. The van der Waals surface area contributed by atoms with Gasteiger partial charge in [-0.2, -0.15) is 0 Å². The number of carbonyl (C=O) groups excluding carboxylic acids is 1. The van der Waals surface area contributed by atoms with Gasteiger partial charge in [0.15, 0.2) is 5.78 Å². The predicted octanol–water partition coefficient (Wildman–Crippen LogP) is 5.94. The molecule has 3 fully saturated rings. The average Bonchev–Trinajstić information content (AvgIpc) is 3.13. The number of hydrogen-bond acceptors (Lipinski definition) is 3. The van der Waals surface area contributed by atoms with E-state index in [9.17, 15) is 9.90 Å². The topological polar surface area (TPSA) is 50.2 Å². The number of allylic oxidation sites excluding steroid dienone is 1. The van der Waals surface area contributed by atoms with Crippen LogP contribution in [-0.4, -0.2) is 22.0 Å². The van der Waals surface area contributed by atoms with Gasteiger partial charge < -0.3 is 5.11 Å². The molecule has 0 spiro atoms. The molecule has 0 amide bonds.